The molecule has 0 saturated heterocycles. The summed E-state index contributed by atoms with van der Waals surface area (Å²) in [7, 11) is 0. The molecule has 0 radical (unpaired) electrons. The topological polar surface area (TPSA) is 53.8 Å². The molecule has 1 heterocycles. The Labute approximate surface area is 129 Å². The van der Waals surface area contributed by atoms with Crippen LogP contribution >= 0.6 is 0 Å². The lowest BCUT2D eigenvalue weighted by Crippen LogP contribution is -2.30. The van der Waals surface area contributed by atoms with Crippen molar-refractivity contribution in [3.05, 3.63) is 35.9 Å². The molecule has 0 spiro atoms. The lowest BCUT2D eigenvalue weighted by atomic mass is 10.0. The van der Waals surface area contributed by atoms with Crippen LogP contribution in [0.5, 0.6) is 0 Å². The van der Waals surface area contributed by atoms with Gasteiger partial charge in [-0.15, -0.1) is 12.3 Å². The van der Waals surface area contributed by atoms with Crippen molar-refractivity contribution in [1.82, 2.24) is 5.32 Å². The minimum absolute atomic E-state index is 0.155. The molecule has 4 nitrogen and oxygen atoms in total. The molecular weight excluding hydrogens is 281 g/mol. The van der Waals surface area contributed by atoms with Gasteiger partial charge in [-0.2, -0.15) is 10.2 Å². The molecule has 5 heteroatoms. The number of carbonyl (C=O) groups excluding carboxylic acids is 1. The van der Waals surface area contributed by atoms with Gasteiger partial charge in [-0.3, -0.25) is 4.79 Å². The van der Waals surface area contributed by atoms with Crippen LogP contribution in [0, 0.1) is 12.3 Å². The maximum absolute atomic E-state index is 14.6. The minimum Gasteiger partial charge on any atom is -0.350 e. The second kappa shape index (κ2) is 5.53. The molecule has 1 N–H and O–H groups in total. The first-order valence-electron chi connectivity index (χ1n) is 7.49. The Morgan fingerprint density at radius 2 is 2.09 bits per heavy atom. The SMILES string of the molecule is C#CCCC1(CCC(=O)NC2CC2(F)c2ccccc2)N=N1. The summed E-state index contributed by atoms with van der Waals surface area (Å²) >= 11 is 0. The van der Waals surface area contributed by atoms with E-state index < -0.39 is 17.4 Å². The van der Waals surface area contributed by atoms with Crippen LogP contribution in [0.25, 0.3) is 0 Å². The highest BCUT2D eigenvalue weighted by molar-refractivity contribution is 5.77. The number of nitrogens with one attached hydrogen (secondary N) is 1. The molecular formula is C17H18FN3O. The van der Waals surface area contributed by atoms with E-state index >= 15 is 0 Å². The molecule has 2 unspecified atom stereocenters. The van der Waals surface area contributed by atoms with Crippen molar-refractivity contribution >= 4 is 5.91 Å². The maximum Gasteiger partial charge on any atom is 0.220 e. The summed E-state index contributed by atoms with van der Waals surface area (Å²) in [6.45, 7) is 0. The van der Waals surface area contributed by atoms with E-state index in [-0.39, 0.29) is 5.91 Å². The summed E-state index contributed by atoms with van der Waals surface area (Å²) in [6, 6.07) is 8.53. The summed E-state index contributed by atoms with van der Waals surface area (Å²) in [5.74, 6) is 2.40. The van der Waals surface area contributed by atoms with Crippen LogP contribution in [0.15, 0.2) is 40.6 Å². The maximum atomic E-state index is 14.6. The van der Waals surface area contributed by atoms with Crippen molar-refractivity contribution in [3.8, 4) is 12.3 Å². The highest BCUT2D eigenvalue weighted by Crippen LogP contribution is 2.49. The third-order valence-electron chi connectivity index (χ3n) is 4.29. The first kappa shape index (κ1) is 14.7. The van der Waals surface area contributed by atoms with E-state index in [0.717, 1.165) is 0 Å². The Kier molecular flexibility index (Phi) is 3.69. The van der Waals surface area contributed by atoms with Crippen molar-refractivity contribution in [2.75, 3.05) is 0 Å². The molecule has 114 valence electrons. The van der Waals surface area contributed by atoms with Crippen LogP contribution in [0.4, 0.5) is 4.39 Å². The fraction of sp³-hybridized carbons (Fsp3) is 0.471. The molecule has 0 bridgehead atoms. The van der Waals surface area contributed by atoms with Crippen molar-refractivity contribution in [3.63, 3.8) is 0 Å². The molecule has 2 aliphatic rings. The van der Waals surface area contributed by atoms with Crippen molar-refractivity contribution < 1.29 is 9.18 Å². The highest BCUT2D eigenvalue weighted by atomic mass is 19.1. The van der Waals surface area contributed by atoms with Gasteiger partial charge in [0.05, 0.1) is 6.04 Å². The van der Waals surface area contributed by atoms with Gasteiger partial charge in [-0.1, -0.05) is 30.3 Å². The smallest absolute Gasteiger partial charge is 0.220 e. The number of hydrogen-bond donors (Lipinski definition) is 1. The fourth-order valence-corrected chi connectivity index (χ4v) is 2.69. The molecule has 3 rings (SSSR count). The Bertz CT molecular complexity index is 631. The first-order chi connectivity index (χ1) is 10.6. The van der Waals surface area contributed by atoms with E-state index in [1.54, 1.807) is 24.3 Å². The van der Waals surface area contributed by atoms with E-state index in [1.807, 2.05) is 6.07 Å². The zero-order valence-corrected chi connectivity index (χ0v) is 12.3. The normalized spacial score (nSPS) is 27.0. The number of amides is 1. The molecule has 1 fully saturated rings. The summed E-state index contributed by atoms with van der Waals surface area (Å²) in [6.07, 6.45) is 7.66. The van der Waals surface area contributed by atoms with E-state index in [1.165, 1.54) is 0 Å². The second-order valence-electron chi connectivity index (χ2n) is 5.94. The van der Waals surface area contributed by atoms with Crippen LogP contribution in [-0.2, 0) is 10.5 Å². The molecule has 1 aromatic rings. The summed E-state index contributed by atoms with van der Waals surface area (Å²) in [5, 5.41) is 10.7. The molecule has 1 aliphatic heterocycles. The molecule has 1 aromatic carbocycles. The Morgan fingerprint density at radius 1 is 1.36 bits per heavy atom. The number of benzene rings is 1. The summed E-state index contributed by atoms with van der Waals surface area (Å²) < 4.78 is 14.6. The van der Waals surface area contributed by atoms with E-state index in [4.69, 9.17) is 6.42 Å². The Morgan fingerprint density at radius 3 is 2.73 bits per heavy atom. The van der Waals surface area contributed by atoms with Gasteiger partial charge < -0.3 is 5.32 Å². The van der Waals surface area contributed by atoms with Gasteiger partial charge in [0, 0.05) is 32.1 Å². The van der Waals surface area contributed by atoms with Gasteiger partial charge in [-0.05, 0) is 5.56 Å². The van der Waals surface area contributed by atoms with E-state index in [9.17, 15) is 9.18 Å². The van der Waals surface area contributed by atoms with E-state index in [0.29, 0.717) is 37.7 Å². The van der Waals surface area contributed by atoms with Crippen LogP contribution < -0.4 is 5.32 Å². The molecule has 1 saturated carbocycles. The van der Waals surface area contributed by atoms with Gasteiger partial charge in [0.1, 0.15) is 0 Å². The lowest BCUT2D eigenvalue weighted by Gasteiger charge is -2.11. The largest absolute Gasteiger partial charge is 0.350 e. The van der Waals surface area contributed by atoms with E-state index in [2.05, 4.69) is 21.5 Å². The fourth-order valence-electron chi connectivity index (χ4n) is 2.69. The third kappa shape index (κ3) is 3.01. The van der Waals surface area contributed by atoms with Crippen LogP contribution in [0.2, 0.25) is 0 Å². The molecule has 2 atom stereocenters. The predicted octanol–water partition coefficient (Wildman–Crippen LogP) is 3.10. The Balaban J connectivity index is 1.45. The van der Waals surface area contributed by atoms with Crippen LogP contribution in [0.1, 0.15) is 37.7 Å². The number of terminal acetylenes is 1. The highest BCUT2D eigenvalue weighted by Gasteiger charge is 2.57. The van der Waals surface area contributed by atoms with Gasteiger partial charge in [0.15, 0.2) is 11.3 Å². The van der Waals surface area contributed by atoms with Gasteiger partial charge in [0.2, 0.25) is 5.91 Å². The third-order valence-corrected chi connectivity index (χ3v) is 4.29. The molecule has 22 heavy (non-hydrogen) atoms. The number of halogens is 1. The molecule has 1 amide bonds. The van der Waals surface area contributed by atoms with Crippen molar-refractivity contribution in [1.29, 1.82) is 0 Å². The average Bonchev–Trinajstić information content (AvgIpc) is 3.43. The zero-order valence-electron chi connectivity index (χ0n) is 12.3. The van der Waals surface area contributed by atoms with Crippen LogP contribution in [0.3, 0.4) is 0 Å². The predicted molar refractivity (Wildman–Crippen MR) is 80.7 cm³/mol. The minimum atomic E-state index is -1.42. The van der Waals surface area contributed by atoms with Crippen molar-refractivity contribution in [2.24, 2.45) is 10.2 Å². The summed E-state index contributed by atoms with van der Waals surface area (Å²) in [5.41, 5.74) is -1.26. The zero-order chi connectivity index (χ0) is 15.6. The van der Waals surface area contributed by atoms with Crippen molar-refractivity contribution in [2.45, 2.75) is 49.5 Å². The average molecular weight is 299 g/mol. The number of hydrogen-bond acceptors (Lipinski definition) is 3. The quantitative estimate of drug-likeness (QED) is 0.773. The number of rotatable bonds is 7. The second-order valence-corrected chi connectivity index (χ2v) is 5.94. The number of carbonyl (C=O) groups is 1. The molecule has 1 aliphatic carbocycles. The van der Waals surface area contributed by atoms with Gasteiger partial charge in [-0.25, -0.2) is 4.39 Å². The monoisotopic (exact) mass is 299 g/mol. The van der Waals surface area contributed by atoms with Crippen LogP contribution in [-0.4, -0.2) is 17.6 Å². The number of alkyl halides is 1. The lowest BCUT2D eigenvalue weighted by molar-refractivity contribution is -0.121. The number of nitrogens with zero attached hydrogens (tertiary/aromatic N) is 2. The molecule has 0 aromatic heterocycles. The van der Waals surface area contributed by atoms with Gasteiger partial charge in [0.25, 0.3) is 0 Å². The Hall–Kier alpha value is -2.22. The standard InChI is InChI=1S/C17H18FN3O/c1-2-3-10-16(20-21-16)11-9-15(22)19-14-12-17(14,18)13-7-5-4-6-8-13/h1,4-8,14H,3,9-12H2,(H,19,22). The summed E-state index contributed by atoms with van der Waals surface area (Å²) in [4.78, 5) is 12.0. The van der Waals surface area contributed by atoms with Gasteiger partial charge >= 0.3 is 0 Å². The first-order valence-corrected chi connectivity index (χ1v) is 7.49.